The predicted octanol–water partition coefficient (Wildman–Crippen LogP) is 2.46. The molecular formula is C11H18N4OS. The molecule has 1 unspecified atom stereocenters. The molecule has 94 valence electrons. The van der Waals surface area contributed by atoms with Gasteiger partial charge in [0.1, 0.15) is 6.33 Å². The first-order chi connectivity index (χ1) is 8.31. The van der Waals surface area contributed by atoms with Crippen molar-refractivity contribution >= 4 is 17.5 Å². The third-order valence-corrected chi connectivity index (χ3v) is 4.44. The second kappa shape index (κ2) is 6.05. The fourth-order valence-electron chi connectivity index (χ4n) is 2.06. The summed E-state index contributed by atoms with van der Waals surface area (Å²) in [5.41, 5.74) is 0.901. The van der Waals surface area contributed by atoms with Gasteiger partial charge in [-0.2, -0.15) is 0 Å². The lowest BCUT2D eigenvalue weighted by Gasteiger charge is -2.19. The van der Waals surface area contributed by atoms with Gasteiger partial charge in [-0.3, -0.25) is 0 Å². The molecule has 1 heterocycles. The molecular weight excluding hydrogens is 236 g/mol. The predicted molar refractivity (Wildman–Crippen MR) is 67.6 cm³/mol. The van der Waals surface area contributed by atoms with E-state index in [9.17, 15) is 0 Å². The van der Waals surface area contributed by atoms with Crippen molar-refractivity contribution in [2.75, 3.05) is 0 Å². The van der Waals surface area contributed by atoms with E-state index in [1.54, 1.807) is 18.1 Å². The molecule has 1 atom stereocenters. The van der Waals surface area contributed by atoms with Crippen LogP contribution >= 0.6 is 11.8 Å². The van der Waals surface area contributed by atoms with Crippen LogP contribution in [-0.2, 0) is 7.05 Å². The summed E-state index contributed by atoms with van der Waals surface area (Å²) in [6.07, 6.45) is 8.46. The minimum atomic E-state index is 0.239. The third-order valence-electron chi connectivity index (χ3n) is 3.07. The molecule has 0 saturated heterocycles. The minimum Gasteiger partial charge on any atom is -0.411 e. The third kappa shape index (κ3) is 3.21. The summed E-state index contributed by atoms with van der Waals surface area (Å²) in [5, 5.41) is 21.7. The van der Waals surface area contributed by atoms with Crippen LogP contribution in [0.3, 0.4) is 0 Å². The van der Waals surface area contributed by atoms with Crippen LogP contribution in [0.1, 0.15) is 38.5 Å². The van der Waals surface area contributed by atoms with Crippen LogP contribution < -0.4 is 0 Å². The molecule has 0 aliphatic heterocycles. The number of aryl methyl sites for hydroxylation is 1. The monoisotopic (exact) mass is 254 g/mol. The first-order valence-corrected chi connectivity index (χ1v) is 6.90. The van der Waals surface area contributed by atoms with E-state index in [2.05, 4.69) is 15.4 Å². The second-order valence-corrected chi connectivity index (χ2v) is 5.55. The summed E-state index contributed by atoms with van der Waals surface area (Å²) < 4.78 is 1.90. The fraction of sp³-hybridized carbons (Fsp3) is 0.727. The Morgan fingerprint density at radius 2 is 2.24 bits per heavy atom. The lowest BCUT2D eigenvalue weighted by molar-refractivity contribution is 0.315. The molecule has 5 nitrogen and oxygen atoms in total. The maximum absolute atomic E-state index is 9.11. The lowest BCUT2D eigenvalue weighted by atomic mass is 9.99. The molecule has 1 N–H and O–H groups in total. The van der Waals surface area contributed by atoms with E-state index in [0.717, 1.165) is 30.1 Å². The number of thioether (sulfide) groups is 1. The van der Waals surface area contributed by atoms with Crippen molar-refractivity contribution in [3.05, 3.63) is 6.33 Å². The first-order valence-electron chi connectivity index (χ1n) is 6.02. The first kappa shape index (κ1) is 12.4. The van der Waals surface area contributed by atoms with Crippen molar-refractivity contribution in [3.63, 3.8) is 0 Å². The zero-order valence-corrected chi connectivity index (χ0v) is 10.9. The number of aromatic nitrogens is 3. The highest BCUT2D eigenvalue weighted by atomic mass is 32.2. The Hall–Kier alpha value is -1.04. The van der Waals surface area contributed by atoms with Crippen LogP contribution in [0.25, 0.3) is 0 Å². The Morgan fingerprint density at radius 3 is 2.94 bits per heavy atom. The number of oxime groups is 1. The topological polar surface area (TPSA) is 63.3 Å². The SMILES string of the molecule is Cn1cnnc1SC1CCCCCC/C1=N/O. The van der Waals surface area contributed by atoms with Crippen LogP contribution in [0.5, 0.6) is 0 Å². The molecule has 6 heteroatoms. The highest BCUT2D eigenvalue weighted by Gasteiger charge is 2.21. The number of nitrogens with zero attached hydrogens (tertiary/aromatic N) is 4. The number of hydrogen-bond acceptors (Lipinski definition) is 5. The summed E-state index contributed by atoms with van der Waals surface area (Å²) in [7, 11) is 1.93. The van der Waals surface area contributed by atoms with Gasteiger partial charge in [0.25, 0.3) is 0 Å². The summed E-state index contributed by atoms with van der Waals surface area (Å²) >= 11 is 1.65. The second-order valence-electron chi connectivity index (χ2n) is 4.38. The molecule has 1 aliphatic rings. The van der Waals surface area contributed by atoms with Gasteiger partial charge in [0.15, 0.2) is 5.16 Å². The summed E-state index contributed by atoms with van der Waals surface area (Å²) in [6, 6.07) is 0. The van der Waals surface area contributed by atoms with E-state index in [1.807, 2.05) is 11.6 Å². The van der Waals surface area contributed by atoms with E-state index in [-0.39, 0.29) is 5.25 Å². The molecule has 1 aromatic heterocycles. The molecule has 1 aromatic rings. The van der Waals surface area contributed by atoms with Crippen molar-refractivity contribution in [1.29, 1.82) is 0 Å². The van der Waals surface area contributed by atoms with Crippen LogP contribution in [0, 0.1) is 0 Å². The zero-order valence-electron chi connectivity index (χ0n) is 10.0. The highest BCUT2D eigenvalue weighted by Crippen LogP contribution is 2.29. The van der Waals surface area contributed by atoms with Gasteiger partial charge in [0.2, 0.25) is 0 Å². The molecule has 1 fully saturated rings. The quantitative estimate of drug-likeness (QED) is 0.650. The molecule has 1 aliphatic carbocycles. The average molecular weight is 254 g/mol. The molecule has 0 bridgehead atoms. The van der Waals surface area contributed by atoms with Crippen LogP contribution in [0.4, 0.5) is 0 Å². The van der Waals surface area contributed by atoms with Crippen LogP contribution in [0.2, 0.25) is 0 Å². The minimum absolute atomic E-state index is 0.239. The van der Waals surface area contributed by atoms with E-state index < -0.39 is 0 Å². The van der Waals surface area contributed by atoms with E-state index >= 15 is 0 Å². The van der Waals surface area contributed by atoms with Crippen molar-refractivity contribution in [1.82, 2.24) is 14.8 Å². The Labute approximate surface area is 105 Å². The van der Waals surface area contributed by atoms with Gasteiger partial charge >= 0.3 is 0 Å². The Bertz CT molecular complexity index is 391. The maximum atomic E-state index is 9.11. The van der Waals surface area contributed by atoms with Gasteiger partial charge in [0, 0.05) is 7.05 Å². The number of hydrogen-bond donors (Lipinski definition) is 1. The van der Waals surface area contributed by atoms with E-state index in [1.165, 1.54) is 19.3 Å². The zero-order chi connectivity index (χ0) is 12.1. The molecule has 17 heavy (non-hydrogen) atoms. The van der Waals surface area contributed by atoms with Gasteiger partial charge in [0.05, 0.1) is 11.0 Å². The van der Waals surface area contributed by atoms with Crippen molar-refractivity contribution in [2.24, 2.45) is 12.2 Å². The van der Waals surface area contributed by atoms with Crippen molar-refractivity contribution in [3.8, 4) is 0 Å². The maximum Gasteiger partial charge on any atom is 0.191 e. The molecule has 0 radical (unpaired) electrons. The van der Waals surface area contributed by atoms with E-state index in [0.29, 0.717) is 0 Å². The lowest BCUT2D eigenvalue weighted by Crippen LogP contribution is -2.20. The largest absolute Gasteiger partial charge is 0.411 e. The molecule has 2 rings (SSSR count). The fourth-order valence-corrected chi connectivity index (χ4v) is 3.21. The summed E-state index contributed by atoms with van der Waals surface area (Å²) in [4.78, 5) is 0. The Morgan fingerprint density at radius 1 is 1.41 bits per heavy atom. The summed E-state index contributed by atoms with van der Waals surface area (Å²) in [6.45, 7) is 0. The molecule has 0 aromatic carbocycles. The van der Waals surface area contributed by atoms with Crippen LogP contribution in [-0.4, -0.2) is 30.9 Å². The molecule has 0 spiro atoms. The standard InChI is InChI=1S/C11H18N4OS/c1-15-8-12-13-11(15)17-10-7-5-3-2-4-6-9(10)14-16/h8,10,16H,2-7H2,1H3/b14-9-. The number of rotatable bonds is 2. The Balaban J connectivity index is 2.07. The van der Waals surface area contributed by atoms with Gasteiger partial charge in [-0.05, 0) is 19.3 Å². The van der Waals surface area contributed by atoms with E-state index in [4.69, 9.17) is 5.21 Å². The van der Waals surface area contributed by atoms with Gasteiger partial charge in [-0.1, -0.05) is 36.2 Å². The molecule has 0 amide bonds. The van der Waals surface area contributed by atoms with Crippen molar-refractivity contribution < 1.29 is 5.21 Å². The Kier molecular flexibility index (Phi) is 4.42. The summed E-state index contributed by atoms with van der Waals surface area (Å²) in [5.74, 6) is 0. The normalized spacial score (nSPS) is 24.5. The molecule has 1 saturated carbocycles. The van der Waals surface area contributed by atoms with Gasteiger partial charge in [-0.25, -0.2) is 0 Å². The van der Waals surface area contributed by atoms with Gasteiger partial charge < -0.3 is 9.77 Å². The average Bonchev–Trinajstić information content (AvgIpc) is 2.69. The van der Waals surface area contributed by atoms with Gasteiger partial charge in [-0.15, -0.1) is 10.2 Å². The smallest absolute Gasteiger partial charge is 0.191 e. The highest BCUT2D eigenvalue weighted by molar-refractivity contribution is 8.00. The van der Waals surface area contributed by atoms with Crippen molar-refractivity contribution in [2.45, 2.75) is 48.9 Å². The van der Waals surface area contributed by atoms with Crippen LogP contribution in [0.15, 0.2) is 16.6 Å².